The standard InChI is InChI=1S/C23H24N6O2/c1-3-27-10-12-28(13-11-27)22(30)18-15-25-29(16(18)2)23-24-9-8-19(26-23)21-14-17-6-4-5-7-20(17)31-21/h4-9,14-15H,3,10-13H2,1-2H3. The minimum Gasteiger partial charge on any atom is -0.454 e. The predicted molar refractivity (Wildman–Crippen MR) is 117 cm³/mol. The van der Waals surface area contributed by atoms with Crippen molar-refractivity contribution in [3.63, 3.8) is 0 Å². The molecule has 1 fully saturated rings. The molecule has 1 aliphatic rings. The van der Waals surface area contributed by atoms with Crippen molar-refractivity contribution in [3.8, 4) is 17.4 Å². The van der Waals surface area contributed by atoms with Crippen LogP contribution in [0.3, 0.4) is 0 Å². The molecule has 31 heavy (non-hydrogen) atoms. The number of nitrogens with zero attached hydrogens (tertiary/aromatic N) is 6. The van der Waals surface area contributed by atoms with Gasteiger partial charge < -0.3 is 14.2 Å². The van der Waals surface area contributed by atoms with Crippen LogP contribution in [-0.4, -0.2) is 68.2 Å². The van der Waals surface area contributed by atoms with Crippen LogP contribution in [0.5, 0.6) is 0 Å². The lowest BCUT2D eigenvalue weighted by Gasteiger charge is -2.33. The third kappa shape index (κ3) is 3.59. The lowest BCUT2D eigenvalue weighted by Crippen LogP contribution is -2.48. The summed E-state index contributed by atoms with van der Waals surface area (Å²) in [6, 6.07) is 11.6. The van der Waals surface area contributed by atoms with E-state index in [1.165, 1.54) is 0 Å². The van der Waals surface area contributed by atoms with Crippen LogP contribution >= 0.6 is 0 Å². The quantitative estimate of drug-likeness (QED) is 0.508. The van der Waals surface area contributed by atoms with E-state index in [9.17, 15) is 4.79 Å². The second-order valence-corrected chi connectivity index (χ2v) is 7.67. The first-order valence-electron chi connectivity index (χ1n) is 10.5. The Morgan fingerprint density at radius 2 is 1.94 bits per heavy atom. The number of rotatable bonds is 4. The molecular formula is C23H24N6O2. The Morgan fingerprint density at radius 3 is 2.71 bits per heavy atom. The Labute approximate surface area is 180 Å². The molecule has 0 bridgehead atoms. The minimum atomic E-state index is 0.00735. The fraction of sp³-hybridized carbons (Fsp3) is 0.304. The summed E-state index contributed by atoms with van der Waals surface area (Å²) < 4.78 is 7.54. The van der Waals surface area contributed by atoms with E-state index in [-0.39, 0.29) is 5.91 Å². The molecule has 0 radical (unpaired) electrons. The number of para-hydroxylation sites is 1. The van der Waals surface area contributed by atoms with Gasteiger partial charge in [-0.15, -0.1) is 0 Å². The number of furan rings is 1. The van der Waals surface area contributed by atoms with Crippen LogP contribution in [0.15, 0.2) is 53.2 Å². The van der Waals surface area contributed by atoms with Gasteiger partial charge in [-0.2, -0.15) is 5.10 Å². The largest absolute Gasteiger partial charge is 0.454 e. The van der Waals surface area contributed by atoms with Gasteiger partial charge in [0.05, 0.1) is 17.5 Å². The highest BCUT2D eigenvalue weighted by Crippen LogP contribution is 2.26. The van der Waals surface area contributed by atoms with Gasteiger partial charge in [0.25, 0.3) is 11.9 Å². The van der Waals surface area contributed by atoms with E-state index in [0.717, 1.165) is 49.4 Å². The molecule has 8 nitrogen and oxygen atoms in total. The normalized spacial score (nSPS) is 15.0. The van der Waals surface area contributed by atoms with E-state index >= 15 is 0 Å². The maximum atomic E-state index is 13.0. The SMILES string of the molecule is CCN1CCN(C(=O)c2cnn(-c3nccc(-c4cc5ccccc5o4)n3)c2C)CC1. The van der Waals surface area contributed by atoms with Gasteiger partial charge in [0.2, 0.25) is 0 Å². The molecular weight excluding hydrogens is 392 g/mol. The average molecular weight is 416 g/mol. The van der Waals surface area contributed by atoms with E-state index in [1.807, 2.05) is 42.2 Å². The maximum Gasteiger partial charge on any atom is 0.257 e. The smallest absolute Gasteiger partial charge is 0.257 e. The van der Waals surface area contributed by atoms with Gasteiger partial charge in [-0.1, -0.05) is 25.1 Å². The molecule has 1 amide bonds. The van der Waals surface area contributed by atoms with Crippen molar-refractivity contribution in [2.75, 3.05) is 32.7 Å². The van der Waals surface area contributed by atoms with Gasteiger partial charge in [-0.3, -0.25) is 4.79 Å². The third-order valence-corrected chi connectivity index (χ3v) is 5.86. The summed E-state index contributed by atoms with van der Waals surface area (Å²) in [6.45, 7) is 8.30. The van der Waals surface area contributed by atoms with E-state index < -0.39 is 0 Å². The lowest BCUT2D eigenvalue weighted by atomic mass is 10.2. The van der Waals surface area contributed by atoms with Crippen LogP contribution < -0.4 is 0 Å². The number of hydrogen-bond donors (Lipinski definition) is 0. The molecule has 0 N–H and O–H groups in total. The monoisotopic (exact) mass is 416 g/mol. The van der Waals surface area contributed by atoms with Crippen molar-refractivity contribution in [2.24, 2.45) is 0 Å². The second kappa shape index (κ2) is 7.96. The van der Waals surface area contributed by atoms with Crippen molar-refractivity contribution >= 4 is 16.9 Å². The molecule has 8 heteroatoms. The van der Waals surface area contributed by atoms with Gasteiger partial charge >= 0.3 is 0 Å². The zero-order valence-corrected chi connectivity index (χ0v) is 17.7. The molecule has 0 unspecified atom stereocenters. The highest BCUT2D eigenvalue weighted by molar-refractivity contribution is 5.95. The van der Waals surface area contributed by atoms with Crippen molar-refractivity contribution in [2.45, 2.75) is 13.8 Å². The summed E-state index contributed by atoms with van der Waals surface area (Å²) in [5.41, 5.74) is 2.79. The Bertz CT molecular complexity index is 1200. The molecule has 4 heterocycles. The van der Waals surface area contributed by atoms with Crippen molar-refractivity contribution in [3.05, 3.63) is 60.0 Å². The van der Waals surface area contributed by atoms with Crippen molar-refractivity contribution in [1.29, 1.82) is 0 Å². The summed E-state index contributed by atoms with van der Waals surface area (Å²) in [7, 11) is 0. The van der Waals surface area contributed by atoms with Crippen LogP contribution in [0, 0.1) is 6.92 Å². The van der Waals surface area contributed by atoms with E-state index in [2.05, 4.69) is 26.9 Å². The summed E-state index contributed by atoms with van der Waals surface area (Å²) in [5, 5.41) is 5.43. The summed E-state index contributed by atoms with van der Waals surface area (Å²) in [4.78, 5) is 26.3. The highest BCUT2D eigenvalue weighted by atomic mass is 16.3. The van der Waals surface area contributed by atoms with E-state index in [0.29, 0.717) is 23.0 Å². The molecule has 0 atom stereocenters. The number of likely N-dealkylation sites (N-methyl/N-ethyl adjacent to an activating group) is 1. The number of amides is 1. The number of carbonyl (C=O) groups is 1. The van der Waals surface area contributed by atoms with Gasteiger partial charge in [0.15, 0.2) is 5.76 Å². The maximum absolute atomic E-state index is 13.0. The van der Waals surface area contributed by atoms with Gasteiger partial charge in [0.1, 0.15) is 11.3 Å². The number of benzene rings is 1. The van der Waals surface area contributed by atoms with Gasteiger partial charge in [0, 0.05) is 37.8 Å². The van der Waals surface area contributed by atoms with Crippen LogP contribution in [-0.2, 0) is 0 Å². The summed E-state index contributed by atoms with van der Waals surface area (Å²) in [6.07, 6.45) is 3.29. The van der Waals surface area contributed by atoms with Gasteiger partial charge in [-0.25, -0.2) is 14.6 Å². The molecule has 3 aromatic heterocycles. The number of hydrogen-bond acceptors (Lipinski definition) is 6. The molecule has 1 saturated heterocycles. The molecule has 1 aromatic carbocycles. The van der Waals surface area contributed by atoms with Crippen LogP contribution in [0.25, 0.3) is 28.4 Å². The Balaban J connectivity index is 1.42. The Hall–Kier alpha value is -3.52. The number of piperazine rings is 1. The predicted octanol–water partition coefficient (Wildman–Crippen LogP) is 3.16. The third-order valence-electron chi connectivity index (χ3n) is 5.86. The van der Waals surface area contributed by atoms with Crippen molar-refractivity contribution in [1.82, 2.24) is 29.5 Å². The highest BCUT2D eigenvalue weighted by Gasteiger charge is 2.25. The first-order valence-corrected chi connectivity index (χ1v) is 10.5. The molecule has 4 aromatic rings. The topological polar surface area (TPSA) is 80.3 Å². The molecule has 1 aliphatic heterocycles. The lowest BCUT2D eigenvalue weighted by molar-refractivity contribution is 0.0642. The van der Waals surface area contributed by atoms with Crippen LogP contribution in [0.4, 0.5) is 0 Å². The fourth-order valence-corrected chi connectivity index (χ4v) is 3.95. The van der Waals surface area contributed by atoms with Crippen molar-refractivity contribution < 1.29 is 9.21 Å². The number of aromatic nitrogens is 4. The minimum absolute atomic E-state index is 0.00735. The number of carbonyl (C=O) groups excluding carboxylic acids is 1. The van der Waals surface area contributed by atoms with Crippen LogP contribution in [0.1, 0.15) is 23.0 Å². The molecule has 0 aliphatic carbocycles. The van der Waals surface area contributed by atoms with E-state index in [4.69, 9.17) is 4.42 Å². The first kappa shape index (κ1) is 19.4. The molecule has 5 rings (SSSR count). The zero-order chi connectivity index (χ0) is 21.4. The summed E-state index contributed by atoms with van der Waals surface area (Å²) in [5.74, 6) is 1.08. The molecule has 0 spiro atoms. The Kier molecular flexibility index (Phi) is 4.99. The number of fused-ring (bicyclic) bond motifs is 1. The first-order chi connectivity index (χ1) is 15.1. The summed E-state index contributed by atoms with van der Waals surface area (Å²) >= 11 is 0. The van der Waals surface area contributed by atoms with E-state index in [1.54, 1.807) is 23.1 Å². The zero-order valence-electron chi connectivity index (χ0n) is 17.7. The molecule has 158 valence electrons. The molecule has 0 saturated carbocycles. The Morgan fingerprint density at radius 1 is 1.13 bits per heavy atom. The average Bonchev–Trinajstić information content (AvgIpc) is 3.42. The second-order valence-electron chi connectivity index (χ2n) is 7.67. The fourth-order valence-electron chi connectivity index (χ4n) is 3.95. The van der Waals surface area contributed by atoms with Gasteiger partial charge in [-0.05, 0) is 31.7 Å². The van der Waals surface area contributed by atoms with Crippen LogP contribution in [0.2, 0.25) is 0 Å².